The first kappa shape index (κ1) is 21.1. The van der Waals surface area contributed by atoms with Gasteiger partial charge in [0.1, 0.15) is 5.75 Å². The third kappa shape index (κ3) is 6.50. The third-order valence-corrected chi connectivity index (χ3v) is 3.74. The Labute approximate surface area is 165 Å². The Hall–Kier alpha value is -2.16. The van der Waals surface area contributed by atoms with Crippen molar-refractivity contribution in [3.8, 4) is 5.75 Å². The molecule has 0 unspecified atom stereocenters. The van der Waals surface area contributed by atoms with Crippen LogP contribution in [0.4, 0.5) is 18.9 Å². The van der Waals surface area contributed by atoms with Crippen molar-refractivity contribution in [3.05, 3.63) is 57.0 Å². The summed E-state index contributed by atoms with van der Waals surface area (Å²) in [6.45, 7) is -0.672. The second-order valence-electron chi connectivity index (χ2n) is 4.94. The van der Waals surface area contributed by atoms with Gasteiger partial charge in [0.2, 0.25) is 0 Å². The molecule has 11 heteroatoms. The molecule has 0 spiro atoms. The molecule has 2 rings (SSSR count). The molecule has 0 bridgehead atoms. The Balaban J connectivity index is 1.92. The number of hydrogen-bond acceptors (Lipinski definition) is 4. The first-order valence-electron chi connectivity index (χ1n) is 7.02. The van der Waals surface area contributed by atoms with Gasteiger partial charge in [-0.05, 0) is 36.4 Å². The summed E-state index contributed by atoms with van der Waals surface area (Å²) in [5.41, 5.74) is 0.0253. The summed E-state index contributed by atoms with van der Waals surface area (Å²) in [6.07, 6.45) is -4.84. The quantitative estimate of drug-likeness (QED) is 0.635. The third-order valence-electron chi connectivity index (χ3n) is 2.93. The highest BCUT2D eigenvalue weighted by molar-refractivity contribution is 6.42. The molecule has 0 fully saturated rings. The van der Waals surface area contributed by atoms with E-state index in [4.69, 9.17) is 39.5 Å². The van der Waals surface area contributed by atoms with E-state index in [9.17, 15) is 22.8 Å². The van der Waals surface area contributed by atoms with Gasteiger partial charge in [-0.15, -0.1) is 13.2 Å². The van der Waals surface area contributed by atoms with Gasteiger partial charge in [0.05, 0.1) is 21.3 Å². The molecule has 0 aliphatic rings. The summed E-state index contributed by atoms with van der Waals surface area (Å²) in [5.74, 6) is -2.15. The van der Waals surface area contributed by atoms with Crippen LogP contribution >= 0.6 is 34.8 Å². The zero-order chi connectivity index (χ0) is 20.2. The number of nitrogens with one attached hydrogen (secondary N) is 1. The lowest BCUT2D eigenvalue weighted by Gasteiger charge is -2.11. The average molecular weight is 443 g/mol. The first-order valence-corrected chi connectivity index (χ1v) is 8.16. The number of halogens is 6. The zero-order valence-corrected chi connectivity index (χ0v) is 15.3. The minimum absolute atomic E-state index is 0.0696. The van der Waals surface area contributed by atoms with E-state index in [2.05, 4.69) is 10.1 Å². The molecule has 27 heavy (non-hydrogen) atoms. The van der Waals surface area contributed by atoms with Gasteiger partial charge in [-0.1, -0.05) is 34.8 Å². The maximum Gasteiger partial charge on any atom is 0.573 e. The Bertz CT molecular complexity index is 834. The summed E-state index contributed by atoms with van der Waals surface area (Å²) in [5, 5.41) is 2.81. The average Bonchev–Trinajstić information content (AvgIpc) is 2.55. The van der Waals surface area contributed by atoms with Gasteiger partial charge >= 0.3 is 12.3 Å². The number of esters is 1. The number of ether oxygens (including phenoxy) is 2. The molecule has 0 radical (unpaired) electrons. The molecule has 0 aliphatic carbocycles. The molecule has 0 atom stereocenters. The fourth-order valence-corrected chi connectivity index (χ4v) is 2.76. The molecule has 0 aromatic heterocycles. The SMILES string of the molecule is O=C(COC(=O)c1ccc(OC(F)(F)F)cc1)Nc1c(Cl)cc(Cl)cc1Cl. The summed E-state index contributed by atoms with van der Waals surface area (Å²) in [7, 11) is 0. The van der Waals surface area contributed by atoms with Gasteiger partial charge in [-0.3, -0.25) is 4.79 Å². The smallest absolute Gasteiger partial charge is 0.452 e. The Kier molecular flexibility index (Phi) is 6.80. The van der Waals surface area contributed by atoms with E-state index < -0.39 is 30.6 Å². The normalized spacial score (nSPS) is 11.0. The van der Waals surface area contributed by atoms with Crippen molar-refractivity contribution in [2.45, 2.75) is 6.36 Å². The van der Waals surface area contributed by atoms with Crippen LogP contribution in [0.15, 0.2) is 36.4 Å². The molecule has 2 aromatic rings. The van der Waals surface area contributed by atoms with Crippen LogP contribution in [-0.2, 0) is 9.53 Å². The van der Waals surface area contributed by atoms with Gasteiger partial charge in [0.25, 0.3) is 5.91 Å². The second-order valence-corrected chi connectivity index (χ2v) is 6.19. The molecular weight excluding hydrogens is 434 g/mol. The number of rotatable bonds is 5. The largest absolute Gasteiger partial charge is 0.573 e. The lowest BCUT2D eigenvalue weighted by atomic mass is 10.2. The van der Waals surface area contributed by atoms with Gasteiger partial charge in [-0.25, -0.2) is 4.79 Å². The summed E-state index contributed by atoms with van der Waals surface area (Å²) in [6, 6.07) is 6.74. The number of anilines is 1. The minimum atomic E-state index is -4.84. The molecule has 2 aromatic carbocycles. The minimum Gasteiger partial charge on any atom is -0.452 e. The molecule has 0 aliphatic heterocycles. The van der Waals surface area contributed by atoms with E-state index in [0.717, 1.165) is 24.3 Å². The zero-order valence-electron chi connectivity index (χ0n) is 13.1. The van der Waals surface area contributed by atoms with E-state index in [0.29, 0.717) is 0 Å². The highest BCUT2D eigenvalue weighted by atomic mass is 35.5. The van der Waals surface area contributed by atoms with E-state index in [-0.39, 0.29) is 26.3 Å². The van der Waals surface area contributed by atoms with Crippen molar-refractivity contribution in [1.82, 2.24) is 0 Å². The van der Waals surface area contributed by atoms with Crippen LogP contribution in [-0.4, -0.2) is 24.8 Å². The van der Waals surface area contributed by atoms with Crippen molar-refractivity contribution >= 4 is 52.4 Å². The van der Waals surface area contributed by atoms with Crippen LogP contribution in [0.1, 0.15) is 10.4 Å². The lowest BCUT2D eigenvalue weighted by Crippen LogP contribution is -2.21. The first-order chi connectivity index (χ1) is 12.5. The molecular formula is C16H9Cl3F3NO4. The topological polar surface area (TPSA) is 64.6 Å². The second kappa shape index (κ2) is 8.69. The predicted octanol–water partition coefficient (Wildman–Crippen LogP) is 5.34. The molecule has 0 heterocycles. The Morgan fingerprint density at radius 2 is 1.56 bits per heavy atom. The van der Waals surface area contributed by atoms with Gasteiger partial charge in [0.15, 0.2) is 6.61 Å². The maximum absolute atomic E-state index is 12.1. The molecule has 1 N–H and O–H groups in total. The van der Waals surface area contributed by atoms with E-state index in [1.54, 1.807) is 0 Å². The molecule has 5 nitrogen and oxygen atoms in total. The summed E-state index contributed by atoms with van der Waals surface area (Å²) < 4.78 is 44.7. The molecule has 0 saturated carbocycles. The number of amides is 1. The van der Waals surface area contributed by atoms with Crippen LogP contribution in [0.3, 0.4) is 0 Å². The molecule has 1 amide bonds. The van der Waals surface area contributed by atoms with Crippen LogP contribution in [0.2, 0.25) is 15.1 Å². The number of benzene rings is 2. The van der Waals surface area contributed by atoms with Gasteiger partial charge < -0.3 is 14.8 Å². The van der Waals surface area contributed by atoms with Crippen molar-refractivity contribution in [3.63, 3.8) is 0 Å². The predicted molar refractivity (Wildman–Crippen MR) is 93.5 cm³/mol. The lowest BCUT2D eigenvalue weighted by molar-refractivity contribution is -0.274. The molecule has 144 valence electrons. The Morgan fingerprint density at radius 1 is 1.00 bits per heavy atom. The van der Waals surface area contributed by atoms with Crippen molar-refractivity contribution in [1.29, 1.82) is 0 Å². The van der Waals surface area contributed by atoms with Crippen LogP contribution < -0.4 is 10.1 Å². The van der Waals surface area contributed by atoms with Gasteiger partial charge in [-0.2, -0.15) is 0 Å². The van der Waals surface area contributed by atoms with Crippen molar-refractivity contribution in [2.75, 3.05) is 11.9 Å². The fourth-order valence-electron chi connectivity index (χ4n) is 1.84. The van der Waals surface area contributed by atoms with E-state index in [1.807, 2.05) is 0 Å². The number of alkyl halides is 3. The van der Waals surface area contributed by atoms with E-state index >= 15 is 0 Å². The van der Waals surface area contributed by atoms with Crippen molar-refractivity contribution < 1.29 is 32.2 Å². The number of hydrogen-bond donors (Lipinski definition) is 1. The van der Waals surface area contributed by atoms with Crippen LogP contribution in [0.5, 0.6) is 5.75 Å². The number of carbonyl (C=O) groups excluding carboxylic acids is 2. The van der Waals surface area contributed by atoms with Crippen LogP contribution in [0, 0.1) is 0 Å². The van der Waals surface area contributed by atoms with E-state index in [1.165, 1.54) is 12.1 Å². The van der Waals surface area contributed by atoms with Crippen LogP contribution in [0.25, 0.3) is 0 Å². The highest BCUT2D eigenvalue weighted by Gasteiger charge is 2.31. The van der Waals surface area contributed by atoms with Gasteiger partial charge in [0, 0.05) is 5.02 Å². The fraction of sp³-hybridized carbons (Fsp3) is 0.125. The highest BCUT2D eigenvalue weighted by Crippen LogP contribution is 2.33. The summed E-state index contributed by atoms with van der Waals surface area (Å²) >= 11 is 17.6. The van der Waals surface area contributed by atoms with Crippen molar-refractivity contribution in [2.24, 2.45) is 0 Å². The monoisotopic (exact) mass is 441 g/mol. The Morgan fingerprint density at radius 3 is 2.07 bits per heavy atom. The summed E-state index contributed by atoms with van der Waals surface area (Å²) in [4.78, 5) is 23.7. The maximum atomic E-state index is 12.1. The number of carbonyl (C=O) groups is 2. The standard InChI is InChI=1S/C16H9Cl3F3NO4/c17-9-5-11(18)14(12(19)6-9)23-13(24)7-26-15(25)8-1-3-10(4-2-8)27-16(20,21)22/h1-6H,7H2,(H,23,24). The molecule has 0 saturated heterocycles.